The molecule has 0 atom stereocenters. The van der Waals surface area contributed by atoms with E-state index in [9.17, 15) is 8.42 Å². The highest BCUT2D eigenvalue weighted by Crippen LogP contribution is 2.24. The number of benzene rings is 1. The van der Waals surface area contributed by atoms with E-state index in [2.05, 4.69) is 14.9 Å². The van der Waals surface area contributed by atoms with Crippen LogP contribution in [0.3, 0.4) is 0 Å². The van der Waals surface area contributed by atoms with Gasteiger partial charge < -0.3 is 4.74 Å². The first-order chi connectivity index (χ1) is 10.3. The van der Waals surface area contributed by atoms with Crippen LogP contribution in [0.4, 0.5) is 0 Å². The highest BCUT2D eigenvalue weighted by Gasteiger charge is 2.22. The molecule has 120 valence electrons. The van der Waals surface area contributed by atoms with E-state index < -0.39 is 10.0 Å². The van der Waals surface area contributed by atoms with E-state index in [1.54, 1.807) is 21.0 Å². The molecule has 22 heavy (non-hydrogen) atoms. The van der Waals surface area contributed by atoms with E-state index in [-0.39, 0.29) is 11.4 Å². The number of nitrogens with zero attached hydrogens (tertiary/aromatic N) is 1. The molecular formula is C15H21N3O3S. The van der Waals surface area contributed by atoms with Crippen LogP contribution in [0, 0.1) is 27.7 Å². The summed E-state index contributed by atoms with van der Waals surface area (Å²) in [7, 11) is -1.98. The number of aromatic amines is 1. The predicted octanol–water partition coefficient (Wildman–Crippen LogP) is 2.13. The highest BCUT2D eigenvalue weighted by molar-refractivity contribution is 7.89. The lowest BCUT2D eigenvalue weighted by Crippen LogP contribution is -2.24. The van der Waals surface area contributed by atoms with Gasteiger partial charge in [0, 0.05) is 6.54 Å². The predicted molar refractivity (Wildman–Crippen MR) is 84.6 cm³/mol. The van der Waals surface area contributed by atoms with Crippen molar-refractivity contribution in [3.63, 3.8) is 0 Å². The molecule has 1 aromatic carbocycles. The van der Waals surface area contributed by atoms with Crippen LogP contribution in [0.2, 0.25) is 0 Å². The average Bonchev–Trinajstić information content (AvgIpc) is 2.80. The third-order valence-corrected chi connectivity index (χ3v) is 5.51. The van der Waals surface area contributed by atoms with E-state index >= 15 is 0 Å². The Labute approximate surface area is 130 Å². The van der Waals surface area contributed by atoms with Crippen LogP contribution in [-0.4, -0.2) is 25.7 Å². The monoisotopic (exact) mass is 323 g/mol. The number of H-pyrrole nitrogens is 1. The standard InChI is InChI=1S/C15H21N3O3S/c1-9-10(2)14(21-5)7-6-13(9)8-16-22(19,20)15-11(3)17-18-12(15)4/h6-7,16H,8H2,1-5H3,(H,17,18). The Morgan fingerprint density at radius 2 is 1.86 bits per heavy atom. The van der Waals surface area contributed by atoms with Gasteiger partial charge >= 0.3 is 0 Å². The van der Waals surface area contributed by atoms with Gasteiger partial charge in [0.25, 0.3) is 0 Å². The molecule has 0 fully saturated rings. The van der Waals surface area contributed by atoms with E-state index in [1.807, 2.05) is 26.0 Å². The van der Waals surface area contributed by atoms with E-state index in [0.717, 1.165) is 22.4 Å². The van der Waals surface area contributed by atoms with Gasteiger partial charge in [0.15, 0.2) is 0 Å². The van der Waals surface area contributed by atoms with Crippen LogP contribution in [-0.2, 0) is 16.6 Å². The fourth-order valence-electron chi connectivity index (χ4n) is 2.45. The summed E-state index contributed by atoms with van der Waals surface area (Å²) in [6, 6.07) is 3.72. The van der Waals surface area contributed by atoms with Gasteiger partial charge in [-0.3, -0.25) is 5.10 Å². The fourth-order valence-corrected chi connectivity index (χ4v) is 3.82. The molecule has 0 aliphatic carbocycles. The molecule has 0 aliphatic rings. The van der Waals surface area contributed by atoms with Gasteiger partial charge in [-0.2, -0.15) is 5.10 Å². The molecule has 2 aromatic rings. The molecule has 0 unspecified atom stereocenters. The number of methoxy groups -OCH3 is 1. The highest BCUT2D eigenvalue weighted by atomic mass is 32.2. The maximum absolute atomic E-state index is 12.4. The number of hydrogen-bond acceptors (Lipinski definition) is 4. The van der Waals surface area contributed by atoms with Crippen LogP contribution < -0.4 is 9.46 Å². The quantitative estimate of drug-likeness (QED) is 0.883. The number of hydrogen-bond donors (Lipinski definition) is 2. The molecule has 0 amide bonds. The van der Waals surface area contributed by atoms with Crippen molar-refractivity contribution in [3.05, 3.63) is 40.2 Å². The summed E-state index contributed by atoms with van der Waals surface area (Å²) in [6.45, 7) is 7.49. The molecule has 0 aliphatic heterocycles. The summed E-state index contributed by atoms with van der Waals surface area (Å²) in [5, 5.41) is 6.62. The van der Waals surface area contributed by atoms with Gasteiger partial charge in [0.2, 0.25) is 10.0 Å². The second-order valence-electron chi connectivity index (χ2n) is 5.26. The van der Waals surface area contributed by atoms with Gasteiger partial charge in [-0.15, -0.1) is 0 Å². The zero-order chi connectivity index (χ0) is 16.5. The summed E-state index contributed by atoms with van der Waals surface area (Å²) in [4.78, 5) is 0.218. The second kappa shape index (κ2) is 6.10. The molecule has 1 heterocycles. The minimum atomic E-state index is -3.60. The molecule has 0 radical (unpaired) electrons. The Morgan fingerprint density at radius 3 is 2.41 bits per heavy atom. The van der Waals surface area contributed by atoms with Crippen molar-refractivity contribution in [1.29, 1.82) is 0 Å². The Balaban J connectivity index is 2.25. The summed E-state index contributed by atoms with van der Waals surface area (Å²) in [6.07, 6.45) is 0. The van der Waals surface area contributed by atoms with Crippen LogP contribution in [0.15, 0.2) is 17.0 Å². The maximum atomic E-state index is 12.4. The molecule has 1 aromatic heterocycles. The van der Waals surface area contributed by atoms with Crippen molar-refractivity contribution in [2.45, 2.75) is 39.1 Å². The molecule has 0 spiro atoms. The molecule has 6 nitrogen and oxygen atoms in total. The Kier molecular flexibility index (Phi) is 4.58. The molecule has 0 bridgehead atoms. The smallest absolute Gasteiger partial charge is 0.244 e. The Hall–Kier alpha value is -1.86. The summed E-state index contributed by atoms with van der Waals surface area (Å²) in [5.41, 5.74) is 3.94. The summed E-state index contributed by atoms with van der Waals surface area (Å²) >= 11 is 0. The van der Waals surface area contributed by atoms with Gasteiger partial charge in [-0.05, 0) is 50.5 Å². The average molecular weight is 323 g/mol. The molecule has 7 heteroatoms. The van der Waals surface area contributed by atoms with Crippen molar-refractivity contribution in [2.75, 3.05) is 7.11 Å². The second-order valence-corrected chi connectivity index (χ2v) is 6.97. The zero-order valence-electron chi connectivity index (χ0n) is 13.4. The van der Waals surface area contributed by atoms with Crippen molar-refractivity contribution >= 4 is 10.0 Å². The van der Waals surface area contributed by atoms with E-state index in [1.165, 1.54) is 0 Å². The van der Waals surface area contributed by atoms with Crippen LogP contribution in [0.5, 0.6) is 5.75 Å². The Morgan fingerprint density at radius 1 is 1.18 bits per heavy atom. The third-order valence-electron chi connectivity index (χ3n) is 3.85. The molecule has 2 rings (SSSR count). The van der Waals surface area contributed by atoms with Crippen LogP contribution in [0.25, 0.3) is 0 Å². The summed E-state index contributed by atoms with van der Waals surface area (Å²) in [5.74, 6) is 0.797. The van der Waals surface area contributed by atoms with Gasteiger partial charge in [0.05, 0.1) is 18.5 Å². The first-order valence-corrected chi connectivity index (χ1v) is 8.40. The molecule has 2 N–H and O–H groups in total. The van der Waals surface area contributed by atoms with Gasteiger partial charge in [-0.25, -0.2) is 13.1 Å². The van der Waals surface area contributed by atoms with Crippen LogP contribution >= 0.6 is 0 Å². The largest absolute Gasteiger partial charge is 0.496 e. The third kappa shape index (κ3) is 3.00. The maximum Gasteiger partial charge on any atom is 0.244 e. The van der Waals surface area contributed by atoms with Crippen molar-refractivity contribution in [3.8, 4) is 5.75 Å². The fraction of sp³-hybridized carbons (Fsp3) is 0.400. The number of ether oxygens (including phenoxy) is 1. The van der Waals surface area contributed by atoms with E-state index in [4.69, 9.17) is 4.74 Å². The lowest BCUT2D eigenvalue weighted by atomic mass is 10.0. The minimum Gasteiger partial charge on any atom is -0.496 e. The van der Waals surface area contributed by atoms with Gasteiger partial charge in [-0.1, -0.05) is 6.07 Å². The summed E-state index contributed by atoms with van der Waals surface area (Å²) < 4.78 is 32.8. The normalized spacial score (nSPS) is 11.7. The zero-order valence-corrected chi connectivity index (χ0v) is 14.3. The lowest BCUT2D eigenvalue weighted by molar-refractivity contribution is 0.411. The number of sulfonamides is 1. The number of aromatic nitrogens is 2. The van der Waals surface area contributed by atoms with Crippen molar-refractivity contribution in [2.24, 2.45) is 0 Å². The minimum absolute atomic E-state index is 0.218. The number of rotatable bonds is 5. The van der Waals surface area contributed by atoms with E-state index in [0.29, 0.717) is 11.4 Å². The molecular weight excluding hydrogens is 302 g/mol. The Bertz CT molecular complexity index is 775. The number of aryl methyl sites for hydroxylation is 2. The topological polar surface area (TPSA) is 84.1 Å². The molecule has 0 saturated carbocycles. The number of nitrogens with one attached hydrogen (secondary N) is 2. The first-order valence-electron chi connectivity index (χ1n) is 6.92. The SMILES string of the molecule is COc1ccc(CNS(=O)(=O)c2c(C)n[nH]c2C)c(C)c1C. The van der Waals surface area contributed by atoms with Crippen LogP contribution in [0.1, 0.15) is 28.1 Å². The van der Waals surface area contributed by atoms with Gasteiger partial charge in [0.1, 0.15) is 10.6 Å². The van der Waals surface area contributed by atoms with Crippen molar-refractivity contribution < 1.29 is 13.2 Å². The van der Waals surface area contributed by atoms with Crippen molar-refractivity contribution in [1.82, 2.24) is 14.9 Å². The molecule has 0 saturated heterocycles. The lowest BCUT2D eigenvalue weighted by Gasteiger charge is -2.13. The first kappa shape index (κ1) is 16.5.